The lowest BCUT2D eigenvalue weighted by Crippen LogP contribution is -2.20. The van der Waals surface area contributed by atoms with Gasteiger partial charge in [0.05, 0.1) is 4.92 Å². The van der Waals surface area contributed by atoms with E-state index in [2.05, 4.69) is 5.32 Å². The zero-order valence-corrected chi connectivity index (χ0v) is 15.7. The fourth-order valence-electron chi connectivity index (χ4n) is 1.91. The van der Waals surface area contributed by atoms with E-state index in [0.717, 1.165) is 12.1 Å². The Labute approximate surface area is 168 Å². The lowest BCUT2D eigenvalue weighted by molar-refractivity contribution is -0.384. The Kier molecular flexibility index (Phi) is 7.18. The molecular formula is C17H11Cl3N2O5. The van der Waals surface area contributed by atoms with Crippen molar-refractivity contribution < 1.29 is 19.2 Å². The van der Waals surface area contributed by atoms with Crippen molar-refractivity contribution in [3.63, 3.8) is 0 Å². The normalized spacial score (nSPS) is 10.6. The van der Waals surface area contributed by atoms with Crippen molar-refractivity contribution in [2.24, 2.45) is 0 Å². The van der Waals surface area contributed by atoms with Gasteiger partial charge >= 0.3 is 5.97 Å². The molecule has 0 aromatic heterocycles. The second-order valence-electron chi connectivity index (χ2n) is 5.08. The summed E-state index contributed by atoms with van der Waals surface area (Å²) in [6.07, 6.45) is 2.52. The van der Waals surface area contributed by atoms with E-state index in [1.807, 2.05) is 0 Å². The van der Waals surface area contributed by atoms with E-state index < -0.39 is 23.4 Å². The number of nitro benzene ring substituents is 1. The minimum atomic E-state index is -0.766. The third-order valence-corrected chi connectivity index (χ3v) is 4.02. The van der Waals surface area contributed by atoms with E-state index in [0.29, 0.717) is 15.6 Å². The van der Waals surface area contributed by atoms with Crippen LogP contribution in [-0.2, 0) is 14.3 Å². The summed E-state index contributed by atoms with van der Waals surface area (Å²) in [6, 6.07) is 8.51. The number of halogens is 3. The maximum Gasteiger partial charge on any atom is 0.331 e. The number of nitro groups is 1. The molecule has 0 saturated heterocycles. The molecule has 1 N–H and O–H groups in total. The molecule has 0 atom stereocenters. The largest absolute Gasteiger partial charge is 0.452 e. The first-order valence-corrected chi connectivity index (χ1v) is 8.43. The van der Waals surface area contributed by atoms with Crippen molar-refractivity contribution in [2.75, 3.05) is 11.9 Å². The fraction of sp³-hybridized carbons (Fsp3) is 0.0588. The summed E-state index contributed by atoms with van der Waals surface area (Å²) >= 11 is 17.4. The molecule has 10 heteroatoms. The maximum absolute atomic E-state index is 11.8. The second kappa shape index (κ2) is 9.36. The van der Waals surface area contributed by atoms with Crippen LogP contribution in [-0.4, -0.2) is 23.4 Å². The van der Waals surface area contributed by atoms with E-state index in [4.69, 9.17) is 39.5 Å². The average Bonchev–Trinajstić information content (AvgIpc) is 2.60. The molecule has 0 aliphatic rings. The van der Waals surface area contributed by atoms with Gasteiger partial charge in [0.25, 0.3) is 11.6 Å². The summed E-state index contributed by atoms with van der Waals surface area (Å²) in [7, 11) is 0. The highest BCUT2D eigenvalue weighted by Gasteiger charge is 2.14. The number of carbonyl (C=O) groups is 2. The van der Waals surface area contributed by atoms with Gasteiger partial charge in [0, 0.05) is 27.9 Å². The molecule has 0 bridgehead atoms. The van der Waals surface area contributed by atoms with Crippen molar-refractivity contribution in [3.8, 4) is 0 Å². The van der Waals surface area contributed by atoms with E-state index >= 15 is 0 Å². The Morgan fingerprint density at radius 3 is 2.52 bits per heavy atom. The number of benzene rings is 2. The van der Waals surface area contributed by atoms with Gasteiger partial charge in [-0.25, -0.2) is 4.79 Å². The van der Waals surface area contributed by atoms with Crippen LogP contribution >= 0.6 is 34.8 Å². The highest BCUT2D eigenvalue weighted by atomic mass is 35.5. The number of carbonyl (C=O) groups excluding carboxylic acids is 2. The molecule has 1 amide bonds. The topological polar surface area (TPSA) is 98.5 Å². The molecule has 0 saturated carbocycles. The summed E-state index contributed by atoms with van der Waals surface area (Å²) in [4.78, 5) is 33.6. The number of amides is 1. The molecular weight excluding hydrogens is 419 g/mol. The quantitative estimate of drug-likeness (QED) is 0.309. The second-order valence-corrected chi connectivity index (χ2v) is 6.33. The molecule has 0 spiro atoms. The van der Waals surface area contributed by atoms with Gasteiger partial charge in [-0.05, 0) is 35.9 Å². The molecule has 0 radical (unpaired) electrons. The molecule has 0 unspecified atom stereocenters. The molecule has 0 fully saturated rings. The molecule has 2 aromatic rings. The summed E-state index contributed by atoms with van der Waals surface area (Å²) in [5.41, 5.74) is 0.348. The molecule has 0 heterocycles. The van der Waals surface area contributed by atoms with Crippen LogP contribution in [0.3, 0.4) is 0 Å². The first-order chi connectivity index (χ1) is 12.8. The van der Waals surface area contributed by atoms with E-state index in [1.165, 1.54) is 24.3 Å². The van der Waals surface area contributed by atoms with Crippen LogP contribution in [0.2, 0.25) is 15.1 Å². The monoisotopic (exact) mass is 428 g/mol. The predicted octanol–water partition coefficient (Wildman–Crippen LogP) is 4.75. The number of ether oxygens (including phenoxy) is 1. The number of rotatable bonds is 6. The van der Waals surface area contributed by atoms with E-state index in [-0.39, 0.29) is 16.4 Å². The van der Waals surface area contributed by atoms with Crippen LogP contribution in [0.25, 0.3) is 6.08 Å². The van der Waals surface area contributed by atoms with Crippen LogP contribution in [0.4, 0.5) is 11.4 Å². The molecule has 7 nitrogen and oxygen atoms in total. The Balaban J connectivity index is 1.89. The standard InChI is InChI=1S/C17H11Cl3N2O5/c18-11-3-1-10(14(20)7-11)2-6-17(24)27-9-16(23)21-12-4-5-13(19)15(8-12)22(25)26/h1-8H,9H2,(H,21,23)/b6-2+. The predicted molar refractivity (Wildman–Crippen MR) is 103 cm³/mol. The number of hydrogen-bond acceptors (Lipinski definition) is 5. The molecule has 0 aliphatic carbocycles. The lowest BCUT2D eigenvalue weighted by Gasteiger charge is -2.06. The highest BCUT2D eigenvalue weighted by Crippen LogP contribution is 2.27. The molecule has 2 aromatic carbocycles. The highest BCUT2D eigenvalue weighted by molar-refractivity contribution is 6.35. The number of nitrogens with zero attached hydrogens (tertiary/aromatic N) is 1. The van der Waals surface area contributed by atoms with Crippen LogP contribution in [0.1, 0.15) is 5.56 Å². The number of esters is 1. The van der Waals surface area contributed by atoms with Crippen molar-refractivity contribution in [3.05, 3.63) is 73.2 Å². The van der Waals surface area contributed by atoms with Gasteiger partial charge in [-0.1, -0.05) is 40.9 Å². The maximum atomic E-state index is 11.8. The van der Waals surface area contributed by atoms with Gasteiger partial charge in [-0.3, -0.25) is 14.9 Å². The van der Waals surface area contributed by atoms with Gasteiger partial charge in [-0.2, -0.15) is 0 Å². The van der Waals surface area contributed by atoms with Crippen LogP contribution in [0.5, 0.6) is 0 Å². The Bertz CT molecular complexity index is 931. The number of hydrogen-bond donors (Lipinski definition) is 1. The Morgan fingerprint density at radius 2 is 1.85 bits per heavy atom. The van der Waals surface area contributed by atoms with Crippen molar-refractivity contribution in [1.29, 1.82) is 0 Å². The first kappa shape index (κ1) is 20.7. The molecule has 0 aliphatic heterocycles. The minimum Gasteiger partial charge on any atom is -0.452 e. The third-order valence-electron chi connectivity index (χ3n) is 3.13. The first-order valence-electron chi connectivity index (χ1n) is 7.30. The van der Waals surface area contributed by atoms with Gasteiger partial charge in [0.1, 0.15) is 5.02 Å². The average molecular weight is 430 g/mol. The zero-order valence-electron chi connectivity index (χ0n) is 13.4. The van der Waals surface area contributed by atoms with Crippen molar-refractivity contribution in [2.45, 2.75) is 0 Å². The van der Waals surface area contributed by atoms with Crippen molar-refractivity contribution >= 4 is 64.1 Å². The fourth-order valence-corrected chi connectivity index (χ4v) is 2.56. The van der Waals surface area contributed by atoms with Gasteiger partial charge < -0.3 is 10.1 Å². The smallest absolute Gasteiger partial charge is 0.331 e. The number of anilines is 1. The Hall–Kier alpha value is -2.61. The van der Waals surface area contributed by atoms with Crippen LogP contribution < -0.4 is 5.32 Å². The summed E-state index contributed by atoms with van der Waals surface area (Å²) in [5, 5.41) is 13.9. The van der Waals surface area contributed by atoms with E-state index in [1.54, 1.807) is 12.1 Å². The Morgan fingerprint density at radius 1 is 1.11 bits per heavy atom. The van der Waals surface area contributed by atoms with Gasteiger partial charge in [0.2, 0.25) is 0 Å². The van der Waals surface area contributed by atoms with Gasteiger partial charge in [0.15, 0.2) is 6.61 Å². The SMILES string of the molecule is O=C(COC(=O)/C=C/c1ccc(Cl)cc1Cl)Nc1ccc(Cl)c([N+](=O)[O-])c1. The molecule has 27 heavy (non-hydrogen) atoms. The minimum absolute atomic E-state index is 0.0598. The third kappa shape index (κ3) is 6.25. The van der Waals surface area contributed by atoms with Crippen molar-refractivity contribution in [1.82, 2.24) is 0 Å². The summed E-state index contributed by atoms with van der Waals surface area (Å²) < 4.78 is 4.80. The summed E-state index contributed by atoms with van der Waals surface area (Å²) in [5.74, 6) is -1.43. The zero-order chi connectivity index (χ0) is 20.0. The van der Waals surface area contributed by atoms with Crippen LogP contribution in [0.15, 0.2) is 42.5 Å². The van der Waals surface area contributed by atoms with E-state index in [9.17, 15) is 19.7 Å². The van der Waals surface area contributed by atoms with Gasteiger partial charge in [-0.15, -0.1) is 0 Å². The van der Waals surface area contributed by atoms with Crippen LogP contribution in [0, 0.1) is 10.1 Å². The molecule has 2 rings (SSSR count). The molecule has 140 valence electrons. The number of nitrogens with one attached hydrogen (secondary N) is 1. The lowest BCUT2D eigenvalue weighted by atomic mass is 10.2. The summed E-state index contributed by atoms with van der Waals surface area (Å²) in [6.45, 7) is -0.575.